The molecular weight excluding hydrogens is 281 g/mol. The Morgan fingerprint density at radius 3 is 2.52 bits per heavy atom. The summed E-state index contributed by atoms with van der Waals surface area (Å²) in [6.07, 6.45) is -3.50. The van der Waals surface area contributed by atoms with Crippen molar-refractivity contribution < 1.29 is 13.2 Å². The zero-order chi connectivity index (χ0) is 15.9. The zero-order valence-corrected chi connectivity index (χ0v) is 12.2. The highest BCUT2D eigenvalue weighted by Crippen LogP contribution is 2.29. The Balaban J connectivity index is 2.75. The summed E-state index contributed by atoms with van der Waals surface area (Å²) in [6, 6.07) is 3.80. The lowest BCUT2D eigenvalue weighted by Gasteiger charge is -2.20. The summed E-state index contributed by atoms with van der Waals surface area (Å²) in [4.78, 5) is 5.68. The van der Waals surface area contributed by atoms with Gasteiger partial charge in [-0.3, -0.25) is 0 Å². The zero-order valence-electron chi connectivity index (χ0n) is 12.2. The van der Waals surface area contributed by atoms with Gasteiger partial charge in [-0.25, -0.2) is 4.98 Å². The van der Waals surface area contributed by atoms with Gasteiger partial charge in [-0.1, -0.05) is 13.8 Å². The largest absolute Gasteiger partial charge is 0.433 e. The number of likely N-dealkylation sites (N-methyl/N-ethyl adjacent to an activating group) is 1. The molecule has 4 nitrogen and oxygen atoms in total. The predicted octanol–water partition coefficient (Wildman–Crippen LogP) is 3.12. The Morgan fingerprint density at radius 2 is 2.00 bits per heavy atom. The summed E-state index contributed by atoms with van der Waals surface area (Å²) in [6.45, 7) is 7.02. The van der Waals surface area contributed by atoms with Gasteiger partial charge >= 0.3 is 6.18 Å². The summed E-state index contributed by atoms with van der Waals surface area (Å²) >= 11 is 0. The highest BCUT2D eigenvalue weighted by molar-refractivity contribution is 5.52. The molecule has 7 heteroatoms. The van der Waals surface area contributed by atoms with Crippen LogP contribution in [0.25, 0.3) is 0 Å². The van der Waals surface area contributed by atoms with Crippen LogP contribution in [0, 0.1) is 11.3 Å². The number of nitriles is 1. The number of pyridine rings is 1. The molecule has 116 valence electrons. The molecule has 1 heterocycles. The SMILES string of the molecule is CCCN(CC)CCNc1nc(C(F)(F)F)ccc1C#N. The average Bonchev–Trinajstić information content (AvgIpc) is 2.45. The first kappa shape index (κ1) is 17.2. The van der Waals surface area contributed by atoms with Crippen LogP contribution < -0.4 is 5.32 Å². The molecular formula is C14H19F3N4. The highest BCUT2D eigenvalue weighted by atomic mass is 19.4. The molecule has 0 aliphatic carbocycles. The van der Waals surface area contributed by atoms with Crippen molar-refractivity contribution in [3.05, 3.63) is 23.4 Å². The molecule has 0 fully saturated rings. The lowest BCUT2D eigenvalue weighted by Crippen LogP contribution is -2.30. The van der Waals surface area contributed by atoms with Crippen molar-refractivity contribution >= 4 is 5.82 Å². The molecule has 21 heavy (non-hydrogen) atoms. The molecule has 0 bridgehead atoms. The minimum Gasteiger partial charge on any atom is -0.368 e. The smallest absolute Gasteiger partial charge is 0.368 e. The molecule has 1 aromatic rings. The van der Waals surface area contributed by atoms with Crippen molar-refractivity contribution in [2.75, 3.05) is 31.5 Å². The molecule has 0 unspecified atom stereocenters. The minimum absolute atomic E-state index is 0.0140. The van der Waals surface area contributed by atoms with Crippen LogP contribution in [0.3, 0.4) is 0 Å². The molecule has 1 N–H and O–H groups in total. The first-order chi connectivity index (χ1) is 9.92. The van der Waals surface area contributed by atoms with Crippen molar-refractivity contribution in [1.82, 2.24) is 9.88 Å². The van der Waals surface area contributed by atoms with E-state index >= 15 is 0 Å². The van der Waals surface area contributed by atoms with Gasteiger partial charge in [-0.2, -0.15) is 18.4 Å². The second-order valence-electron chi connectivity index (χ2n) is 4.56. The third kappa shape index (κ3) is 5.23. The van der Waals surface area contributed by atoms with Gasteiger partial charge in [0.25, 0.3) is 0 Å². The number of hydrogen-bond acceptors (Lipinski definition) is 4. The van der Waals surface area contributed by atoms with Crippen LogP contribution in [0.4, 0.5) is 19.0 Å². The van der Waals surface area contributed by atoms with Gasteiger partial charge in [-0.05, 0) is 31.6 Å². The molecule has 0 saturated carbocycles. The van der Waals surface area contributed by atoms with Gasteiger partial charge in [-0.15, -0.1) is 0 Å². The predicted molar refractivity (Wildman–Crippen MR) is 74.8 cm³/mol. The van der Waals surface area contributed by atoms with Gasteiger partial charge in [0.15, 0.2) is 0 Å². The summed E-state index contributed by atoms with van der Waals surface area (Å²) in [7, 11) is 0. The van der Waals surface area contributed by atoms with E-state index in [9.17, 15) is 13.2 Å². The van der Waals surface area contributed by atoms with Crippen LogP contribution >= 0.6 is 0 Å². The fourth-order valence-electron chi connectivity index (χ4n) is 1.92. The van der Waals surface area contributed by atoms with E-state index in [1.54, 1.807) is 0 Å². The number of nitrogens with one attached hydrogen (secondary N) is 1. The van der Waals surface area contributed by atoms with E-state index in [1.807, 2.05) is 13.0 Å². The van der Waals surface area contributed by atoms with Gasteiger partial charge in [0.05, 0.1) is 5.56 Å². The molecule has 0 aromatic carbocycles. The lowest BCUT2D eigenvalue weighted by molar-refractivity contribution is -0.141. The van der Waals surface area contributed by atoms with Crippen molar-refractivity contribution in [2.24, 2.45) is 0 Å². The van der Waals surface area contributed by atoms with Crippen LogP contribution in [0.1, 0.15) is 31.5 Å². The number of aromatic nitrogens is 1. The first-order valence-electron chi connectivity index (χ1n) is 6.86. The third-order valence-corrected chi connectivity index (χ3v) is 3.01. The van der Waals surface area contributed by atoms with E-state index in [1.165, 1.54) is 0 Å². The molecule has 0 aliphatic rings. The molecule has 0 amide bonds. The molecule has 0 radical (unpaired) electrons. The molecule has 0 saturated heterocycles. The second kappa shape index (κ2) is 7.84. The van der Waals surface area contributed by atoms with E-state index in [0.717, 1.165) is 31.6 Å². The fraction of sp³-hybridized carbons (Fsp3) is 0.571. The van der Waals surface area contributed by atoms with Gasteiger partial charge in [0.1, 0.15) is 17.6 Å². The van der Waals surface area contributed by atoms with E-state index < -0.39 is 11.9 Å². The second-order valence-corrected chi connectivity index (χ2v) is 4.56. The average molecular weight is 300 g/mol. The molecule has 0 spiro atoms. The van der Waals surface area contributed by atoms with E-state index in [4.69, 9.17) is 5.26 Å². The highest BCUT2D eigenvalue weighted by Gasteiger charge is 2.33. The number of halogens is 3. The summed E-state index contributed by atoms with van der Waals surface area (Å²) in [5, 5.41) is 11.8. The Labute approximate surface area is 122 Å². The number of nitrogens with zero attached hydrogens (tertiary/aromatic N) is 3. The van der Waals surface area contributed by atoms with Crippen molar-refractivity contribution in [1.29, 1.82) is 5.26 Å². The maximum atomic E-state index is 12.6. The maximum absolute atomic E-state index is 12.6. The quantitative estimate of drug-likeness (QED) is 0.840. The molecule has 0 atom stereocenters. The normalized spacial score (nSPS) is 11.5. The van der Waals surface area contributed by atoms with E-state index in [0.29, 0.717) is 13.1 Å². The van der Waals surface area contributed by atoms with Crippen molar-refractivity contribution in [3.63, 3.8) is 0 Å². The number of anilines is 1. The number of rotatable bonds is 7. The molecule has 1 rings (SSSR count). The van der Waals surface area contributed by atoms with Gasteiger partial charge in [0.2, 0.25) is 0 Å². The van der Waals surface area contributed by atoms with Crippen LogP contribution in [-0.2, 0) is 6.18 Å². The van der Waals surface area contributed by atoms with Crippen LogP contribution in [0.5, 0.6) is 0 Å². The molecule has 1 aromatic heterocycles. The summed E-state index contributed by atoms with van der Waals surface area (Å²) in [5.74, 6) is -0.0140. The Morgan fingerprint density at radius 1 is 1.29 bits per heavy atom. The Hall–Kier alpha value is -1.81. The van der Waals surface area contributed by atoms with Crippen LogP contribution in [0.2, 0.25) is 0 Å². The van der Waals surface area contributed by atoms with Crippen LogP contribution in [0.15, 0.2) is 12.1 Å². The van der Waals surface area contributed by atoms with Crippen molar-refractivity contribution in [3.8, 4) is 6.07 Å². The van der Waals surface area contributed by atoms with Gasteiger partial charge in [0, 0.05) is 13.1 Å². The third-order valence-electron chi connectivity index (χ3n) is 3.01. The van der Waals surface area contributed by atoms with E-state index in [-0.39, 0.29) is 11.4 Å². The maximum Gasteiger partial charge on any atom is 0.433 e. The summed E-state index contributed by atoms with van der Waals surface area (Å²) < 4.78 is 37.9. The fourth-order valence-corrected chi connectivity index (χ4v) is 1.92. The molecule has 0 aliphatic heterocycles. The topological polar surface area (TPSA) is 52.0 Å². The standard InChI is InChI=1S/C14H19F3N4/c1-3-8-21(4-2)9-7-19-13-11(10-18)5-6-12(20-13)14(15,16)17/h5-6H,3-4,7-9H2,1-2H3,(H,19,20). The van der Waals surface area contributed by atoms with Crippen molar-refractivity contribution in [2.45, 2.75) is 26.4 Å². The lowest BCUT2D eigenvalue weighted by atomic mass is 10.2. The Bertz CT molecular complexity index is 494. The summed E-state index contributed by atoms with van der Waals surface area (Å²) in [5.41, 5.74) is -0.883. The van der Waals surface area contributed by atoms with E-state index in [2.05, 4.69) is 22.1 Å². The van der Waals surface area contributed by atoms with Gasteiger partial charge < -0.3 is 10.2 Å². The minimum atomic E-state index is -4.51. The number of hydrogen-bond donors (Lipinski definition) is 1. The van der Waals surface area contributed by atoms with Crippen LogP contribution in [-0.4, -0.2) is 36.1 Å². The number of alkyl halides is 3. The first-order valence-corrected chi connectivity index (χ1v) is 6.86. The Kier molecular flexibility index (Phi) is 6.43. The monoisotopic (exact) mass is 300 g/mol.